The van der Waals surface area contributed by atoms with Gasteiger partial charge in [-0.05, 0) is 38.9 Å². The molecule has 1 N–H and O–H groups in total. The maximum Gasteiger partial charge on any atom is 0.0132 e. The van der Waals surface area contributed by atoms with Crippen molar-refractivity contribution in [3.63, 3.8) is 0 Å². The average Bonchev–Trinajstić information content (AvgIpc) is 2.01. The summed E-state index contributed by atoms with van der Waals surface area (Å²) in [5, 5.41) is 3.62. The van der Waals surface area contributed by atoms with Crippen molar-refractivity contribution >= 4 is 11.8 Å². The quantitative estimate of drug-likeness (QED) is 0.682. The predicted octanol–water partition coefficient (Wildman–Crippen LogP) is 3.15. The Morgan fingerprint density at radius 2 is 1.62 bits per heavy atom. The molecule has 0 rings (SSSR count). The number of nitrogens with one attached hydrogen (secondary N) is 1. The zero-order valence-electron chi connectivity index (χ0n) is 9.76. The standard InChI is InChI=1S/C11H25NS/c1-9(2)6-7-10(3)12-11(4)8-13-5/h9-12H,6-8H2,1-5H3. The van der Waals surface area contributed by atoms with Crippen molar-refractivity contribution in [1.29, 1.82) is 0 Å². The van der Waals surface area contributed by atoms with Crippen LogP contribution in [0.25, 0.3) is 0 Å². The third kappa shape index (κ3) is 8.63. The van der Waals surface area contributed by atoms with E-state index in [1.54, 1.807) is 0 Å². The molecule has 0 aliphatic rings. The summed E-state index contributed by atoms with van der Waals surface area (Å²) < 4.78 is 0. The molecule has 0 aromatic heterocycles. The first-order valence-electron chi connectivity index (χ1n) is 5.31. The van der Waals surface area contributed by atoms with Gasteiger partial charge < -0.3 is 5.32 Å². The van der Waals surface area contributed by atoms with Crippen molar-refractivity contribution < 1.29 is 0 Å². The van der Waals surface area contributed by atoms with E-state index in [9.17, 15) is 0 Å². The van der Waals surface area contributed by atoms with Crippen LogP contribution < -0.4 is 5.32 Å². The van der Waals surface area contributed by atoms with E-state index in [1.807, 2.05) is 11.8 Å². The van der Waals surface area contributed by atoms with Gasteiger partial charge in [-0.15, -0.1) is 0 Å². The van der Waals surface area contributed by atoms with E-state index in [-0.39, 0.29) is 0 Å². The Balaban J connectivity index is 3.43. The van der Waals surface area contributed by atoms with Crippen LogP contribution in [0, 0.1) is 5.92 Å². The van der Waals surface area contributed by atoms with Crippen molar-refractivity contribution in [1.82, 2.24) is 5.32 Å². The Morgan fingerprint density at radius 1 is 1.00 bits per heavy atom. The topological polar surface area (TPSA) is 12.0 Å². The van der Waals surface area contributed by atoms with Crippen LogP contribution in [0.2, 0.25) is 0 Å². The van der Waals surface area contributed by atoms with Gasteiger partial charge >= 0.3 is 0 Å². The van der Waals surface area contributed by atoms with Crippen LogP contribution >= 0.6 is 11.8 Å². The summed E-state index contributed by atoms with van der Waals surface area (Å²) in [6, 6.07) is 1.32. The molecule has 0 aliphatic heterocycles. The van der Waals surface area contributed by atoms with Crippen LogP contribution in [-0.4, -0.2) is 24.1 Å². The number of hydrogen-bond acceptors (Lipinski definition) is 2. The average molecular weight is 203 g/mol. The number of thioether (sulfide) groups is 1. The molecule has 80 valence electrons. The maximum atomic E-state index is 3.62. The lowest BCUT2D eigenvalue weighted by molar-refractivity contribution is 0.426. The van der Waals surface area contributed by atoms with Gasteiger partial charge in [0.1, 0.15) is 0 Å². The lowest BCUT2D eigenvalue weighted by Gasteiger charge is -2.19. The molecule has 0 spiro atoms. The molecule has 0 heterocycles. The normalized spacial score (nSPS) is 16.2. The third-order valence-corrected chi connectivity index (χ3v) is 3.00. The second kappa shape index (κ2) is 7.69. The Hall–Kier alpha value is 0.310. The molecular weight excluding hydrogens is 178 g/mol. The van der Waals surface area contributed by atoms with E-state index in [2.05, 4.69) is 39.3 Å². The van der Waals surface area contributed by atoms with E-state index in [0.29, 0.717) is 12.1 Å². The van der Waals surface area contributed by atoms with Gasteiger partial charge in [0.15, 0.2) is 0 Å². The summed E-state index contributed by atoms with van der Waals surface area (Å²) in [7, 11) is 0. The molecule has 0 fully saturated rings. The Kier molecular flexibility index (Phi) is 7.87. The fourth-order valence-electron chi connectivity index (χ4n) is 1.45. The van der Waals surface area contributed by atoms with Crippen LogP contribution in [0.15, 0.2) is 0 Å². The summed E-state index contributed by atoms with van der Waals surface area (Å²) in [5.74, 6) is 2.05. The second-order valence-corrected chi connectivity index (χ2v) is 5.31. The van der Waals surface area contributed by atoms with E-state index >= 15 is 0 Å². The van der Waals surface area contributed by atoms with Gasteiger partial charge in [0, 0.05) is 17.8 Å². The Morgan fingerprint density at radius 3 is 2.08 bits per heavy atom. The molecule has 0 radical (unpaired) electrons. The number of hydrogen-bond donors (Lipinski definition) is 1. The van der Waals surface area contributed by atoms with Crippen LogP contribution in [0.3, 0.4) is 0 Å². The first-order valence-corrected chi connectivity index (χ1v) is 6.70. The second-order valence-electron chi connectivity index (χ2n) is 4.40. The van der Waals surface area contributed by atoms with Crippen molar-refractivity contribution in [3.05, 3.63) is 0 Å². The smallest absolute Gasteiger partial charge is 0.0132 e. The summed E-state index contributed by atoms with van der Waals surface area (Å²) in [4.78, 5) is 0. The molecule has 2 unspecified atom stereocenters. The Labute approximate surface area is 88.1 Å². The van der Waals surface area contributed by atoms with Crippen molar-refractivity contribution in [3.8, 4) is 0 Å². The lowest BCUT2D eigenvalue weighted by Crippen LogP contribution is -2.36. The molecule has 0 aliphatic carbocycles. The van der Waals surface area contributed by atoms with Gasteiger partial charge in [-0.25, -0.2) is 0 Å². The zero-order chi connectivity index (χ0) is 10.3. The summed E-state index contributed by atoms with van der Waals surface area (Å²) in [6.45, 7) is 9.14. The largest absolute Gasteiger partial charge is 0.311 e. The molecule has 0 bridgehead atoms. The molecule has 0 saturated carbocycles. The highest BCUT2D eigenvalue weighted by atomic mass is 32.2. The van der Waals surface area contributed by atoms with Crippen molar-refractivity contribution in [2.75, 3.05) is 12.0 Å². The molecule has 2 heteroatoms. The first-order chi connectivity index (χ1) is 6.06. The van der Waals surface area contributed by atoms with Gasteiger partial charge in [-0.3, -0.25) is 0 Å². The molecule has 13 heavy (non-hydrogen) atoms. The fourth-order valence-corrected chi connectivity index (χ4v) is 2.05. The van der Waals surface area contributed by atoms with Gasteiger partial charge in [-0.2, -0.15) is 11.8 Å². The van der Waals surface area contributed by atoms with E-state index in [0.717, 1.165) is 5.92 Å². The zero-order valence-corrected chi connectivity index (χ0v) is 10.6. The van der Waals surface area contributed by atoms with Gasteiger partial charge in [0.05, 0.1) is 0 Å². The van der Waals surface area contributed by atoms with Crippen LogP contribution in [0.1, 0.15) is 40.5 Å². The minimum atomic E-state index is 0.650. The van der Waals surface area contributed by atoms with Crippen LogP contribution in [-0.2, 0) is 0 Å². The predicted molar refractivity (Wildman–Crippen MR) is 64.5 cm³/mol. The highest BCUT2D eigenvalue weighted by Crippen LogP contribution is 2.07. The van der Waals surface area contributed by atoms with E-state index in [1.165, 1.54) is 18.6 Å². The van der Waals surface area contributed by atoms with Crippen LogP contribution in [0.4, 0.5) is 0 Å². The molecule has 2 atom stereocenters. The minimum Gasteiger partial charge on any atom is -0.311 e. The van der Waals surface area contributed by atoms with Crippen molar-refractivity contribution in [2.45, 2.75) is 52.6 Å². The minimum absolute atomic E-state index is 0.650. The fraction of sp³-hybridized carbons (Fsp3) is 1.00. The monoisotopic (exact) mass is 203 g/mol. The molecule has 1 nitrogen and oxygen atoms in total. The Bertz CT molecular complexity index is 115. The lowest BCUT2D eigenvalue weighted by atomic mass is 10.0. The summed E-state index contributed by atoms with van der Waals surface area (Å²) >= 11 is 1.91. The molecule has 0 saturated heterocycles. The molecular formula is C11H25NS. The molecule has 0 aromatic rings. The third-order valence-electron chi connectivity index (χ3n) is 2.16. The van der Waals surface area contributed by atoms with E-state index < -0.39 is 0 Å². The van der Waals surface area contributed by atoms with Crippen LogP contribution in [0.5, 0.6) is 0 Å². The summed E-state index contributed by atoms with van der Waals surface area (Å²) in [5.41, 5.74) is 0. The summed E-state index contributed by atoms with van der Waals surface area (Å²) in [6.07, 6.45) is 4.80. The van der Waals surface area contributed by atoms with Gasteiger partial charge in [0.25, 0.3) is 0 Å². The highest BCUT2D eigenvalue weighted by Gasteiger charge is 2.06. The highest BCUT2D eigenvalue weighted by molar-refractivity contribution is 7.98. The van der Waals surface area contributed by atoms with Gasteiger partial charge in [0.2, 0.25) is 0 Å². The van der Waals surface area contributed by atoms with Gasteiger partial charge in [-0.1, -0.05) is 13.8 Å². The van der Waals surface area contributed by atoms with E-state index in [4.69, 9.17) is 0 Å². The first kappa shape index (κ1) is 13.3. The SMILES string of the molecule is CSCC(C)NC(C)CCC(C)C. The number of rotatable bonds is 7. The molecule has 0 aromatic carbocycles. The van der Waals surface area contributed by atoms with Crippen molar-refractivity contribution in [2.24, 2.45) is 5.92 Å². The maximum absolute atomic E-state index is 3.62. The molecule has 0 amide bonds.